The quantitative estimate of drug-likeness (QED) is 0.750. The van der Waals surface area contributed by atoms with Crippen molar-refractivity contribution in [3.63, 3.8) is 0 Å². The average molecular weight is 275 g/mol. The van der Waals surface area contributed by atoms with Crippen molar-refractivity contribution in [3.05, 3.63) is 48.4 Å². The third kappa shape index (κ3) is 4.03. The number of benzene rings is 1. The lowest BCUT2D eigenvalue weighted by Gasteiger charge is -2.14. The Morgan fingerprint density at radius 2 is 1.85 bits per heavy atom. The standard InChI is InChI=1S/C16H21NO3/c1-3-18-15-7-4-5-8-16(15)20-12-10-17-13(2)14-9-6-11-19-14/h4-9,11,13,17H,3,10,12H2,1-2H3. The molecule has 1 N–H and O–H groups in total. The fraction of sp³-hybridized carbons (Fsp3) is 0.375. The largest absolute Gasteiger partial charge is 0.490 e. The minimum absolute atomic E-state index is 0.177. The van der Waals surface area contributed by atoms with Crippen LogP contribution in [0.2, 0.25) is 0 Å². The van der Waals surface area contributed by atoms with Crippen LogP contribution >= 0.6 is 0 Å². The Morgan fingerprint density at radius 1 is 1.10 bits per heavy atom. The maximum atomic E-state index is 5.74. The molecule has 0 saturated carbocycles. The van der Waals surface area contributed by atoms with Crippen LogP contribution in [0.1, 0.15) is 25.6 Å². The number of hydrogen-bond donors (Lipinski definition) is 1. The van der Waals surface area contributed by atoms with Crippen molar-refractivity contribution in [1.82, 2.24) is 5.32 Å². The summed E-state index contributed by atoms with van der Waals surface area (Å²) in [6.07, 6.45) is 1.68. The van der Waals surface area contributed by atoms with Gasteiger partial charge in [-0.15, -0.1) is 0 Å². The Hall–Kier alpha value is -1.94. The van der Waals surface area contributed by atoms with E-state index in [1.54, 1.807) is 6.26 Å². The van der Waals surface area contributed by atoms with Crippen LogP contribution in [0.3, 0.4) is 0 Å². The summed E-state index contributed by atoms with van der Waals surface area (Å²) in [6, 6.07) is 11.7. The second-order valence-electron chi connectivity index (χ2n) is 4.42. The van der Waals surface area contributed by atoms with Gasteiger partial charge < -0.3 is 19.2 Å². The van der Waals surface area contributed by atoms with Gasteiger partial charge in [0.25, 0.3) is 0 Å². The van der Waals surface area contributed by atoms with Crippen LogP contribution in [-0.2, 0) is 0 Å². The van der Waals surface area contributed by atoms with Gasteiger partial charge in [-0.3, -0.25) is 0 Å². The smallest absolute Gasteiger partial charge is 0.161 e. The first-order valence-electron chi connectivity index (χ1n) is 6.92. The number of rotatable bonds is 8. The van der Waals surface area contributed by atoms with Gasteiger partial charge in [-0.25, -0.2) is 0 Å². The monoisotopic (exact) mass is 275 g/mol. The van der Waals surface area contributed by atoms with E-state index in [-0.39, 0.29) is 6.04 Å². The topological polar surface area (TPSA) is 43.6 Å². The lowest BCUT2D eigenvalue weighted by Crippen LogP contribution is -2.24. The fourth-order valence-electron chi connectivity index (χ4n) is 1.92. The highest BCUT2D eigenvalue weighted by molar-refractivity contribution is 5.39. The fourth-order valence-corrected chi connectivity index (χ4v) is 1.92. The SMILES string of the molecule is CCOc1ccccc1OCCNC(C)c1ccco1. The molecule has 0 fully saturated rings. The Labute approximate surface area is 119 Å². The molecule has 0 aliphatic heterocycles. The normalized spacial score (nSPS) is 12.1. The predicted molar refractivity (Wildman–Crippen MR) is 78.2 cm³/mol. The van der Waals surface area contributed by atoms with Crippen molar-refractivity contribution in [1.29, 1.82) is 0 Å². The van der Waals surface area contributed by atoms with Gasteiger partial charge in [0, 0.05) is 6.54 Å². The summed E-state index contributed by atoms with van der Waals surface area (Å²) in [5.74, 6) is 2.50. The molecule has 1 aromatic carbocycles. The first kappa shape index (κ1) is 14.5. The first-order valence-corrected chi connectivity index (χ1v) is 6.92. The van der Waals surface area contributed by atoms with Crippen LogP contribution in [0.4, 0.5) is 0 Å². The lowest BCUT2D eigenvalue weighted by molar-refractivity contribution is 0.270. The number of furan rings is 1. The van der Waals surface area contributed by atoms with E-state index < -0.39 is 0 Å². The van der Waals surface area contributed by atoms with Crippen LogP contribution in [0, 0.1) is 0 Å². The van der Waals surface area contributed by atoms with Crippen molar-refractivity contribution in [2.24, 2.45) is 0 Å². The second-order valence-corrected chi connectivity index (χ2v) is 4.42. The second kappa shape index (κ2) is 7.60. The van der Waals surface area contributed by atoms with Crippen molar-refractivity contribution < 1.29 is 13.9 Å². The summed E-state index contributed by atoms with van der Waals surface area (Å²) >= 11 is 0. The van der Waals surface area contributed by atoms with Crippen molar-refractivity contribution >= 4 is 0 Å². The summed E-state index contributed by atoms with van der Waals surface area (Å²) < 4.78 is 16.6. The molecule has 0 aliphatic carbocycles. The molecule has 2 rings (SSSR count). The maximum absolute atomic E-state index is 5.74. The summed E-state index contributed by atoms with van der Waals surface area (Å²) in [4.78, 5) is 0. The highest BCUT2D eigenvalue weighted by Crippen LogP contribution is 2.26. The molecule has 1 atom stereocenters. The third-order valence-corrected chi connectivity index (χ3v) is 2.93. The Morgan fingerprint density at radius 3 is 2.50 bits per heavy atom. The van der Waals surface area contributed by atoms with E-state index in [9.17, 15) is 0 Å². The number of nitrogens with one attached hydrogen (secondary N) is 1. The molecule has 20 heavy (non-hydrogen) atoms. The minimum Gasteiger partial charge on any atom is -0.490 e. The number of ether oxygens (including phenoxy) is 2. The van der Waals surface area contributed by atoms with E-state index >= 15 is 0 Å². The van der Waals surface area contributed by atoms with Gasteiger partial charge in [-0.2, -0.15) is 0 Å². The number of para-hydroxylation sites is 2. The molecule has 0 spiro atoms. The first-order chi connectivity index (χ1) is 9.81. The van der Waals surface area contributed by atoms with Crippen LogP contribution in [0.15, 0.2) is 47.1 Å². The predicted octanol–water partition coefficient (Wildman–Crippen LogP) is 3.41. The van der Waals surface area contributed by atoms with E-state index in [0.717, 1.165) is 23.8 Å². The third-order valence-electron chi connectivity index (χ3n) is 2.93. The Bertz CT molecular complexity index is 496. The summed E-state index contributed by atoms with van der Waals surface area (Å²) in [5, 5.41) is 3.35. The van der Waals surface area contributed by atoms with Crippen molar-refractivity contribution in [2.75, 3.05) is 19.8 Å². The van der Waals surface area contributed by atoms with Gasteiger partial charge in [0.05, 0.1) is 18.9 Å². The molecular formula is C16H21NO3. The molecule has 4 nitrogen and oxygen atoms in total. The molecule has 0 radical (unpaired) electrons. The molecule has 0 aliphatic rings. The zero-order chi connectivity index (χ0) is 14.2. The van der Waals surface area contributed by atoms with E-state index in [1.807, 2.05) is 43.3 Å². The van der Waals surface area contributed by atoms with Gasteiger partial charge in [-0.1, -0.05) is 12.1 Å². The summed E-state index contributed by atoms with van der Waals surface area (Å²) in [7, 11) is 0. The molecule has 0 saturated heterocycles. The van der Waals surface area contributed by atoms with E-state index in [4.69, 9.17) is 13.9 Å². The molecule has 0 bridgehead atoms. The van der Waals surface area contributed by atoms with Gasteiger partial charge in [0.15, 0.2) is 11.5 Å². The molecular weight excluding hydrogens is 254 g/mol. The van der Waals surface area contributed by atoms with Crippen LogP contribution in [0.5, 0.6) is 11.5 Å². The molecule has 1 unspecified atom stereocenters. The lowest BCUT2D eigenvalue weighted by atomic mass is 10.2. The van der Waals surface area contributed by atoms with Gasteiger partial charge in [0.1, 0.15) is 12.4 Å². The van der Waals surface area contributed by atoms with E-state index in [0.29, 0.717) is 13.2 Å². The molecule has 1 aromatic heterocycles. The van der Waals surface area contributed by atoms with Gasteiger partial charge in [-0.05, 0) is 38.1 Å². The highest BCUT2D eigenvalue weighted by Gasteiger charge is 2.07. The zero-order valence-corrected chi connectivity index (χ0v) is 12.0. The molecule has 108 valence electrons. The van der Waals surface area contributed by atoms with Crippen molar-refractivity contribution in [3.8, 4) is 11.5 Å². The molecule has 1 heterocycles. The highest BCUT2D eigenvalue weighted by atomic mass is 16.5. The Kier molecular flexibility index (Phi) is 5.50. The minimum atomic E-state index is 0.177. The molecule has 4 heteroatoms. The van der Waals surface area contributed by atoms with E-state index in [1.165, 1.54) is 0 Å². The summed E-state index contributed by atoms with van der Waals surface area (Å²) in [6.45, 7) is 5.97. The zero-order valence-electron chi connectivity index (χ0n) is 12.0. The molecule has 2 aromatic rings. The number of hydrogen-bond acceptors (Lipinski definition) is 4. The molecule has 0 amide bonds. The maximum Gasteiger partial charge on any atom is 0.161 e. The van der Waals surface area contributed by atoms with Gasteiger partial charge in [0.2, 0.25) is 0 Å². The van der Waals surface area contributed by atoms with Crippen LogP contribution in [-0.4, -0.2) is 19.8 Å². The van der Waals surface area contributed by atoms with Crippen LogP contribution in [0.25, 0.3) is 0 Å². The van der Waals surface area contributed by atoms with E-state index in [2.05, 4.69) is 12.2 Å². The van der Waals surface area contributed by atoms with Crippen molar-refractivity contribution in [2.45, 2.75) is 19.9 Å². The Balaban J connectivity index is 1.76. The summed E-state index contributed by atoms with van der Waals surface area (Å²) in [5.41, 5.74) is 0. The van der Waals surface area contributed by atoms with Crippen LogP contribution < -0.4 is 14.8 Å². The van der Waals surface area contributed by atoms with Gasteiger partial charge >= 0.3 is 0 Å². The average Bonchev–Trinajstić information content (AvgIpc) is 2.99.